The van der Waals surface area contributed by atoms with Crippen molar-refractivity contribution in [1.29, 1.82) is 0 Å². The third-order valence-corrected chi connectivity index (χ3v) is 6.02. The van der Waals surface area contributed by atoms with Crippen LogP contribution in [0.25, 0.3) is 0 Å². The number of aromatic nitrogens is 3. The van der Waals surface area contributed by atoms with Gasteiger partial charge in [0, 0.05) is 13.1 Å². The Kier molecular flexibility index (Phi) is 8.59. The molecule has 1 unspecified atom stereocenters. The molecule has 3 aromatic rings. The van der Waals surface area contributed by atoms with E-state index in [1.807, 2.05) is 60.9 Å². The summed E-state index contributed by atoms with van der Waals surface area (Å²) < 4.78 is 8.08. The van der Waals surface area contributed by atoms with E-state index in [0.29, 0.717) is 34.2 Å². The number of rotatable bonds is 10. The zero-order valence-corrected chi connectivity index (χ0v) is 20.4. The van der Waals surface area contributed by atoms with Gasteiger partial charge in [-0.25, -0.2) is 0 Å². The summed E-state index contributed by atoms with van der Waals surface area (Å²) in [6.07, 6.45) is -0.342. The Morgan fingerprint density at radius 2 is 1.84 bits per heavy atom. The molecule has 0 aliphatic heterocycles. The predicted octanol–water partition coefficient (Wildman–Crippen LogP) is 5.44. The van der Waals surface area contributed by atoms with E-state index in [1.165, 1.54) is 17.3 Å². The summed E-state index contributed by atoms with van der Waals surface area (Å²) in [5.41, 5.74) is 2.27. The van der Waals surface area contributed by atoms with E-state index in [9.17, 15) is 4.79 Å². The minimum Gasteiger partial charge on any atom is -0.481 e. The zero-order chi connectivity index (χ0) is 23.1. The number of hydrogen-bond acceptors (Lipinski definition) is 5. The van der Waals surface area contributed by atoms with Gasteiger partial charge in [0.1, 0.15) is 5.75 Å². The number of nitrogens with one attached hydrogen (secondary N) is 1. The van der Waals surface area contributed by atoms with Crippen molar-refractivity contribution in [3.05, 3.63) is 70.5 Å². The summed E-state index contributed by atoms with van der Waals surface area (Å²) >= 11 is 7.61. The molecule has 1 N–H and O–H groups in total. The molecule has 2 aromatic carbocycles. The van der Waals surface area contributed by atoms with Crippen LogP contribution in [0.2, 0.25) is 5.02 Å². The van der Waals surface area contributed by atoms with Crippen molar-refractivity contribution in [1.82, 2.24) is 20.1 Å². The van der Waals surface area contributed by atoms with Crippen molar-refractivity contribution in [3.8, 4) is 5.75 Å². The lowest BCUT2D eigenvalue weighted by molar-refractivity contribution is -0.118. The highest BCUT2D eigenvalue weighted by Crippen LogP contribution is 2.29. The van der Waals surface area contributed by atoms with Gasteiger partial charge >= 0.3 is 0 Å². The number of halogens is 1. The quantitative estimate of drug-likeness (QED) is 0.397. The molecular weight excluding hydrogens is 444 g/mol. The second-order valence-corrected chi connectivity index (χ2v) is 9.44. The number of amides is 1. The molecule has 0 radical (unpaired) electrons. The molecule has 0 spiro atoms. The summed E-state index contributed by atoms with van der Waals surface area (Å²) in [7, 11) is 0. The molecule has 1 heterocycles. The maximum absolute atomic E-state index is 12.4. The van der Waals surface area contributed by atoms with Crippen LogP contribution in [0.15, 0.2) is 53.7 Å². The average Bonchev–Trinajstić information content (AvgIpc) is 3.15. The third kappa shape index (κ3) is 6.74. The van der Waals surface area contributed by atoms with Crippen LogP contribution >= 0.6 is 23.4 Å². The molecular formula is C24H29ClN4O2S. The monoisotopic (exact) mass is 472 g/mol. The summed E-state index contributed by atoms with van der Waals surface area (Å²) in [5.74, 6) is 1.91. The predicted molar refractivity (Wildman–Crippen MR) is 129 cm³/mol. The molecule has 0 saturated carbocycles. The van der Waals surface area contributed by atoms with E-state index >= 15 is 0 Å². The molecule has 0 aliphatic rings. The Morgan fingerprint density at radius 1 is 1.12 bits per heavy atom. The lowest BCUT2D eigenvalue weighted by Crippen LogP contribution is -2.24. The number of aryl methyl sites for hydroxylation is 1. The van der Waals surface area contributed by atoms with Crippen LogP contribution < -0.4 is 10.1 Å². The number of carbonyl (C=O) groups is 1. The van der Waals surface area contributed by atoms with Gasteiger partial charge in [0.2, 0.25) is 5.91 Å². The number of thioether (sulfide) groups is 1. The summed E-state index contributed by atoms with van der Waals surface area (Å²) in [5, 5.41) is 12.9. The van der Waals surface area contributed by atoms with E-state index in [4.69, 9.17) is 16.3 Å². The van der Waals surface area contributed by atoms with Crippen LogP contribution in [0.1, 0.15) is 43.8 Å². The normalized spacial score (nSPS) is 12.1. The first-order valence-corrected chi connectivity index (χ1v) is 12.0. The number of hydrogen-bond donors (Lipinski definition) is 1. The number of nitrogens with zero attached hydrogens (tertiary/aromatic N) is 3. The Labute approximate surface area is 198 Å². The van der Waals surface area contributed by atoms with Gasteiger partial charge in [-0.15, -0.1) is 10.2 Å². The second kappa shape index (κ2) is 11.4. The SMILES string of the molecule is Cc1ccc(CNC(=O)CSc2nnc(C(C)Oc3ccccc3Cl)n2CC(C)C)cc1. The van der Waals surface area contributed by atoms with Gasteiger partial charge in [-0.05, 0) is 37.5 Å². The first kappa shape index (κ1) is 24.1. The fraction of sp³-hybridized carbons (Fsp3) is 0.375. The second-order valence-electron chi connectivity index (χ2n) is 8.09. The van der Waals surface area contributed by atoms with Crippen molar-refractivity contribution < 1.29 is 9.53 Å². The van der Waals surface area contributed by atoms with Crippen molar-refractivity contribution >= 4 is 29.3 Å². The first-order chi connectivity index (χ1) is 15.3. The highest BCUT2D eigenvalue weighted by molar-refractivity contribution is 7.99. The standard InChI is InChI=1S/C24H29ClN4O2S/c1-16(2)14-29-23(18(4)31-21-8-6-5-7-20(21)25)27-28-24(29)32-15-22(30)26-13-19-11-9-17(3)10-12-19/h5-12,16,18H,13-15H2,1-4H3,(H,26,30). The maximum atomic E-state index is 12.4. The first-order valence-electron chi connectivity index (χ1n) is 10.6. The zero-order valence-electron chi connectivity index (χ0n) is 18.8. The smallest absolute Gasteiger partial charge is 0.230 e. The van der Waals surface area contributed by atoms with Crippen molar-refractivity contribution in [2.45, 2.75) is 52.0 Å². The number of benzene rings is 2. The largest absolute Gasteiger partial charge is 0.481 e. The van der Waals surface area contributed by atoms with Crippen LogP contribution in [0.3, 0.4) is 0 Å². The molecule has 0 bridgehead atoms. The molecule has 0 aliphatic carbocycles. The third-order valence-electron chi connectivity index (χ3n) is 4.74. The van der Waals surface area contributed by atoms with Gasteiger partial charge in [0.25, 0.3) is 0 Å². The molecule has 32 heavy (non-hydrogen) atoms. The minimum atomic E-state index is -0.342. The van der Waals surface area contributed by atoms with Gasteiger partial charge < -0.3 is 14.6 Å². The summed E-state index contributed by atoms with van der Waals surface area (Å²) in [6, 6.07) is 15.5. The van der Waals surface area contributed by atoms with Gasteiger partial charge in [0.15, 0.2) is 17.1 Å². The lowest BCUT2D eigenvalue weighted by atomic mass is 10.1. The lowest BCUT2D eigenvalue weighted by Gasteiger charge is -2.18. The van der Waals surface area contributed by atoms with Crippen molar-refractivity contribution in [3.63, 3.8) is 0 Å². The molecule has 6 nitrogen and oxygen atoms in total. The number of ether oxygens (including phenoxy) is 1. The fourth-order valence-electron chi connectivity index (χ4n) is 3.12. The van der Waals surface area contributed by atoms with Crippen LogP contribution in [0.5, 0.6) is 5.75 Å². The van der Waals surface area contributed by atoms with Gasteiger partial charge in [-0.1, -0.05) is 79.2 Å². The van der Waals surface area contributed by atoms with Gasteiger partial charge in [-0.3, -0.25) is 4.79 Å². The molecule has 3 rings (SSSR count). The van der Waals surface area contributed by atoms with Crippen LogP contribution in [0.4, 0.5) is 0 Å². The van der Waals surface area contributed by atoms with E-state index in [0.717, 1.165) is 12.1 Å². The Bertz CT molecular complexity index is 1040. The van der Waals surface area contributed by atoms with E-state index in [-0.39, 0.29) is 17.8 Å². The molecule has 170 valence electrons. The Hall–Kier alpha value is -2.51. The maximum Gasteiger partial charge on any atom is 0.230 e. The topological polar surface area (TPSA) is 69.0 Å². The van der Waals surface area contributed by atoms with Crippen molar-refractivity contribution in [2.24, 2.45) is 5.92 Å². The molecule has 8 heteroatoms. The van der Waals surface area contributed by atoms with Crippen LogP contribution in [-0.4, -0.2) is 26.4 Å². The molecule has 0 saturated heterocycles. The molecule has 1 aromatic heterocycles. The summed E-state index contributed by atoms with van der Waals surface area (Å²) in [4.78, 5) is 12.4. The van der Waals surface area contributed by atoms with Gasteiger partial charge in [-0.2, -0.15) is 0 Å². The van der Waals surface area contributed by atoms with Crippen LogP contribution in [0, 0.1) is 12.8 Å². The van der Waals surface area contributed by atoms with Crippen molar-refractivity contribution in [2.75, 3.05) is 5.75 Å². The van der Waals surface area contributed by atoms with Gasteiger partial charge in [0.05, 0.1) is 10.8 Å². The highest BCUT2D eigenvalue weighted by atomic mass is 35.5. The number of para-hydroxylation sites is 1. The average molecular weight is 473 g/mol. The molecule has 0 fully saturated rings. The molecule has 1 amide bonds. The Balaban J connectivity index is 1.64. The summed E-state index contributed by atoms with van der Waals surface area (Å²) in [6.45, 7) is 9.46. The van der Waals surface area contributed by atoms with E-state index < -0.39 is 0 Å². The van der Waals surface area contributed by atoms with Crippen LogP contribution in [-0.2, 0) is 17.9 Å². The fourth-order valence-corrected chi connectivity index (χ4v) is 4.08. The van der Waals surface area contributed by atoms with E-state index in [2.05, 4.69) is 29.4 Å². The Morgan fingerprint density at radius 3 is 2.53 bits per heavy atom. The van der Waals surface area contributed by atoms with E-state index in [1.54, 1.807) is 6.07 Å². The number of carbonyl (C=O) groups excluding carboxylic acids is 1. The molecule has 1 atom stereocenters. The minimum absolute atomic E-state index is 0.0448. The highest BCUT2D eigenvalue weighted by Gasteiger charge is 2.21.